The van der Waals surface area contributed by atoms with E-state index in [1.165, 1.54) is 6.41 Å². The van der Waals surface area contributed by atoms with Gasteiger partial charge < -0.3 is 0 Å². The molecule has 4 heteroatoms. The summed E-state index contributed by atoms with van der Waals surface area (Å²) in [5.41, 5.74) is 2.71. The molecule has 0 aromatic carbocycles. The Bertz CT molecular complexity index is 213. The summed E-state index contributed by atoms with van der Waals surface area (Å²) in [5.74, 6) is 0. The Labute approximate surface area is 64.2 Å². The Morgan fingerprint density at radius 3 is 3.18 bits per heavy atom. The van der Waals surface area contributed by atoms with Crippen molar-refractivity contribution in [1.29, 1.82) is 0 Å². The molecule has 0 fully saturated rings. The van der Waals surface area contributed by atoms with Crippen LogP contribution in [-0.2, 0) is 16.2 Å². The van der Waals surface area contributed by atoms with E-state index in [0.717, 1.165) is 5.69 Å². The molecule has 1 heterocycles. The molecule has 0 bridgehead atoms. The molecule has 1 rings (SSSR count). The summed E-state index contributed by atoms with van der Waals surface area (Å²) in [5, 5.41) is 0. The molecule has 0 aliphatic carbocycles. The van der Waals surface area contributed by atoms with Crippen molar-refractivity contribution in [2.45, 2.75) is 6.61 Å². The molecular weight excluding hydrogens is 144 g/mol. The highest BCUT2D eigenvalue weighted by molar-refractivity contribution is 5.44. The summed E-state index contributed by atoms with van der Waals surface area (Å²) in [7, 11) is 0. The smallest absolute Gasteiger partial charge is 0.267 e. The first-order valence-electron chi connectivity index (χ1n) is 3.07. The zero-order valence-corrected chi connectivity index (χ0v) is 5.78. The van der Waals surface area contributed by atoms with E-state index in [-0.39, 0.29) is 6.61 Å². The van der Waals surface area contributed by atoms with Crippen molar-refractivity contribution in [3.63, 3.8) is 0 Å². The average Bonchev–Trinajstić information content (AvgIpc) is 2.07. The van der Waals surface area contributed by atoms with Gasteiger partial charge in [0.05, 0.1) is 5.69 Å². The number of nitrogens with zero attached hydrogens (tertiary/aromatic N) is 1. The van der Waals surface area contributed by atoms with Gasteiger partial charge >= 0.3 is 6.41 Å². The minimum absolute atomic E-state index is 0.260. The third-order valence-electron chi connectivity index (χ3n) is 1.06. The number of hydroxylamine groups is 1. The quantitative estimate of drug-likeness (QED) is 0.379. The standard InChI is InChI=1S/C7H7N2O2/c10-6-9-11-5-7-3-1-2-4-8-7/h1-4H,5H2,(H,9,10). The minimum Gasteiger partial charge on any atom is -0.267 e. The van der Waals surface area contributed by atoms with Gasteiger partial charge in [0.25, 0.3) is 0 Å². The average molecular weight is 151 g/mol. The molecule has 1 amide bonds. The highest BCUT2D eigenvalue weighted by atomic mass is 16.6. The number of pyridine rings is 1. The molecule has 1 N–H and O–H groups in total. The number of hydrogen-bond donors (Lipinski definition) is 1. The van der Waals surface area contributed by atoms with Crippen LogP contribution >= 0.6 is 0 Å². The van der Waals surface area contributed by atoms with Crippen molar-refractivity contribution in [1.82, 2.24) is 10.5 Å². The van der Waals surface area contributed by atoms with Crippen LogP contribution in [0.25, 0.3) is 0 Å². The third kappa shape index (κ3) is 2.77. The fourth-order valence-electron chi connectivity index (χ4n) is 0.623. The van der Waals surface area contributed by atoms with Gasteiger partial charge in [0.15, 0.2) is 0 Å². The summed E-state index contributed by atoms with van der Waals surface area (Å²) < 4.78 is 0. The van der Waals surface area contributed by atoms with E-state index in [1.807, 2.05) is 17.6 Å². The second-order valence-electron chi connectivity index (χ2n) is 1.81. The molecule has 1 radical (unpaired) electrons. The monoisotopic (exact) mass is 151 g/mol. The molecule has 0 saturated carbocycles. The number of hydrogen-bond acceptors (Lipinski definition) is 3. The molecule has 1 aromatic heterocycles. The SMILES string of the molecule is O=[C]NOCc1ccccn1. The van der Waals surface area contributed by atoms with Crippen LogP contribution in [0, 0.1) is 0 Å². The molecule has 1 aromatic rings. The van der Waals surface area contributed by atoms with Crippen LogP contribution in [0.4, 0.5) is 0 Å². The molecule has 0 unspecified atom stereocenters. The lowest BCUT2D eigenvalue weighted by atomic mass is 10.4. The molecule has 4 nitrogen and oxygen atoms in total. The van der Waals surface area contributed by atoms with E-state index in [2.05, 4.69) is 9.82 Å². The normalized spacial score (nSPS) is 9.09. The maximum Gasteiger partial charge on any atom is 0.335 e. The first kappa shape index (κ1) is 7.68. The molecule has 0 saturated heterocycles. The van der Waals surface area contributed by atoms with Gasteiger partial charge in [-0.15, -0.1) is 0 Å². The van der Waals surface area contributed by atoms with E-state index in [0.29, 0.717) is 0 Å². The van der Waals surface area contributed by atoms with Gasteiger partial charge in [-0.25, -0.2) is 5.48 Å². The van der Waals surface area contributed by atoms with Crippen LogP contribution in [-0.4, -0.2) is 11.4 Å². The van der Waals surface area contributed by atoms with Crippen molar-refractivity contribution >= 4 is 6.41 Å². The summed E-state index contributed by atoms with van der Waals surface area (Å²) in [6, 6.07) is 5.45. The van der Waals surface area contributed by atoms with Gasteiger partial charge in [-0.3, -0.25) is 14.6 Å². The summed E-state index contributed by atoms with van der Waals surface area (Å²) in [4.78, 5) is 18.2. The van der Waals surface area contributed by atoms with Crippen molar-refractivity contribution in [2.75, 3.05) is 0 Å². The highest BCUT2D eigenvalue weighted by Crippen LogP contribution is 1.93. The van der Waals surface area contributed by atoms with Crippen LogP contribution in [0.2, 0.25) is 0 Å². The van der Waals surface area contributed by atoms with Crippen LogP contribution in [0.15, 0.2) is 24.4 Å². The van der Waals surface area contributed by atoms with Crippen molar-refractivity contribution < 1.29 is 9.63 Å². The molecular formula is C7H7N2O2. The van der Waals surface area contributed by atoms with Gasteiger partial charge in [0.1, 0.15) is 6.61 Å². The summed E-state index contributed by atoms with van der Waals surface area (Å²) in [6.07, 6.45) is 3.04. The van der Waals surface area contributed by atoms with Crippen LogP contribution < -0.4 is 5.48 Å². The molecule has 0 atom stereocenters. The Balaban J connectivity index is 2.33. The van der Waals surface area contributed by atoms with Crippen LogP contribution in [0.1, 0.15) is 5.69 Å². The van der Waals surface area contributed by atoms with E-state index in [9.17, 15) is 4.79 Å². The zero-order valence-electron chi connectivity index (χ0n) is 5.78. The molecule has 0 spiro atoms. The number of rotatable bonds is 4. The van der Waals surface area contributed by atoms with Crippen molar-refractivity contribution in [3.8, 4) is 0 Å². The fraction of sp³-hybridized carbons (Fsp3) is 0.143. The molecule has 0 aliphatic heterocycles. The lowest BCUT2D eigenvalue weighted by Gasteiger charge is -1.97. The fourth-order valence-corrected chi connectivity index (χ4v) is 0.623. The third-order valence-corrected chi connectivity index (χ3v) is 1.06. The van der Waals surface area contributed by atoms with Crippen molar-refractivity contribution in [3.05, 3.63) is 30.1 Å². The van der Waals surface area contributed by atoms with E-state index >= 15 is 0 Å². The number of amides is 1. The minimum atomic E-state index is 0.260. The van der Waals surface area contributed by atoms with Gasteiger partial charge in [0, 0.05) is 6.20 Å². The second-order valence-corrected chi connectivity index (χ2v) is 1.81. The second kappa shape index (κ2) is 4.40. The molecule has 57 valence electrons. The van der Waals surface area contributed by atoms with Crippen LogP contribution in [0.3, 0.4) is 0 Å². The Morgan fingerprint density at radius 2 is 2.55 bits per heavy atom. The van der Waals surface area contributed by atoms with Crippen molar-refractivity contribution in [2.24, 2.45) is 0 Å². The lowest BCUT2D eigenvalue weighted by Crippen LogP contribution is -2.11. The largest absolute Gasteiger partial charge is 0.335 e. The lowest BCUT2D eigenvalue weighted by molar-refractivity contribution is 0.0670. The summed E-state index contributed by atoms with van der Waals surface area (Å²) >= 11 is 0. The van der Waals surface area contributed by atoms with E-state index in [4.69, 9.17) is 0 Å². The highest BCUT2D eigenvalue weighted by Gasteiger charge is 1.90. The maximum absolute atomic E-state index is 9.61. The number of aromatic nitrogens is 1. The Hall–Kier alpha value is -1.42. The van der Waals surface area contributed by atoms with Gasteiger partial charge in [0.2, 0.25) is 0 Å². The predicted octanol–water partition coefficient (Wildman–Crippen LogP) is 0.170. The maximum atomic E-state index is 9.61. The van der Waals surface area contributed by atoms with E-state index in [1.54, 1.807) is 12.3 Å². The topological polar surface area (TPSA) is 51.2 Å². The van der Waals surface area contributed by atoms with Gasteiger partial charge in [-0.1, -0.05) is 6.07 Å². The van der Waals surface area contributed by atoms with E-state index < -0.39 is 0 Å². The van der Waals surface area contributed by atoms with Crippen LogP contribution in [0.5, 0.6) is 0 Å². The van der Waals surface area contributed by atoms with Gasteiger partial charge in [-0.05, 0) is 12.1 Å². The molecule has 0 aliphatic rings. The van der Waals surface area contributed by atoms with Gasteiger partial charge in [-0.2, -0.15) is 0 Å². The Kier molecular flexibility index (Phi) is 3.08. The predicted molar refractivity (Wildman–Crippen MR) is 37.9 cm³/mol. The number of carbonyl (C=O) groups excluding carboxylic acids is 1. The first-order chi connectivity index (χ1) is 5.43. The Morgan fingerprint density at radius 1 is 1.64 bits per heavy atom. The molecule has 11 heavy (non-hydrogen) atoms. The summed E-state index contributed by atoms with van der Waals surface area (Å²) in [6.45, 7) is 0.260. The zero-order chi connectivity index (χ0) is 7.94. The number of nitrogens with one attached hydrogen (secondary N) is 1. The first-order valence-corrected chi connectivity index (χ1v) is 3.07.